The Balaban J connectivity index is 1.24. The van der Waals surface area contributed by atoms with Crippen LogP contribution in [0.3, 0.4) is 0 Å². The molecular formula is C28H21Cl2NO5. The minimum Gasteiger partial charge on any atom is -0.480 e. The highest BCUT2D eigenvalue weighted by Gasteiger charge is 2.30. The Labute approximate surface area is 217 Å². The van der Waals surface area contributed by atoms with Gasteiger partial charge in [-0.3, -0.25) is 0 Å². The van der Waals surface area contributed by atoms with Gasteiger partial charge in [-0.2, -0.15) is 0 Å². The average molecular weight is 522 g/mol. The van der Waals surface area contributed by atoms with Crippen LogP contribution in [-0.4, -0.2) is 29.8 Å². The molecule has 0 saturated carbocycles. The number of alkyl carbamates (subject to hydrolysis) is 1. The summed E-state index contributed by atoms with van der Waals surface area (Å²) in [5, 5.41) is 13.0. The number of ether oxygens (including phenoxy) is 1. The number of carbonyl (C=O) groups is 2. The second kappa shape index (κ2) is 10.1. The van der Waals surface area contributed by atoms with Gasteiger partial charge in [-0.15, -0.1) is 0 Å². The Morgan fingerprint density at radius 3 is 2.22 bits per heavy atom. The maximum absolute atomic E-state index is 12.6. The van der Waals surface area contributed by atoms with Crippen molar-refractivity contribution < 1.29 is 23.8 Å². The lowest BCUT2D eigenvalue weighted by Crippen LogP contribution is -2.42. The van der Waals surface area contributed by atoms with Crippen molar-refractivity contribution in [3.8, 4) is 22.5 Å². The SMILES string of the molecule is O=C(NC(Cc1ccc(-c2ccc(Cl)cc2Cl)o1)C(=O)O)OCC1c2ccccc2-c2ccccc21. The Morgan fingerprint density at radius 1 is 0.917 bits per heavy atom. The molecule has 1 unspecified atom stereocenters. The fourth-order valence-electron chi connectivity index (χ4n) is 4.51. The summed E-state index contributed by atoms with van der Waals surface area (Å²) < 4.78 is 11.3. The molecule has 6 nitrogen and oxygen atoms in total. The summed E-state index contributed by atoms with van der Waals surface area (Å²) in [5.74, 6) is -0.478. The summed E-state index contributed by atoms with van der Waals surface area (Å²) >= 11 is 12.2. The molecule has 3 aromatic carbocycles. The van der Waals surface area contributed by atoms with Crippen molar-refractivity contribution in [2.24, 2.45) is 0 Å². The number of aliphatic carboxylic acids is 1. The molecule has 0 bridgehead atoms. The van der Waals surface area contributed by atoms with Crippen LogP contribution in [0.5, 0.6) is 0 Å². The van der Waals surface area contributed by atoms with Crippen LogP contribution in [-0.2, 0) is 16.0 Å². The number of carboxylic acids is 1. The molecule has 8 heteroatoms. The van der Waals surface area contributed by atoms with Crippen molar-refractivity contribution in [3.05, 3.63) is 106 Å². The average Bonchev–Trinajstić information content (AvgIpc) is 3.45. The standard InChI is InChI=1S/C28H21Cl2NO5/c29-16-9-11-22(24(30)13-16)26-12-10-17(36-26)14-25(27(32)33)31-28(34)35-15-23-20-7-3-1-5-18(20)19-6-2-4-8-21(19)23/h1-13,23,25H,14-15H2,(H,31,34)(H,32,33). The third-order valence-electron chi connectivity index (χ3n) is 6.20. The molecule has 1 aliphatic carbocycles. The number of fused-ring (bicyclic) bond motifs is 3. The van der Waals surface area contributed by atoms with Gasteiger partial charge in [-0.05, 0) is 52.6 Å². The van der Waals surface area contributed by atoms with E-state index in [0.29, 0.717) is 27.1 Å². The summed E-state index contributed by atoms with van der Waals surface area (Å²) in [7, 11) is 0. The van der Waals surface area contributed by atoms with Gasteiger partial charge >= 0.3 is 12.1 Å². The molecular weight excluding hydrogens is 501 g/mol. The minimum absolute atomic E-state index is 0.0647. The number of carbonyl (C=O) groups excluding carboxylic acids is 1. The van der Waals surface area contributed by atoms with E-state index < -0.39 is 18.1 Å². The number of nitrogens with one attached hydrogen (secondary N) is 1. The first-order valence-electron chi connectivity index (χ1n) is 11.3. The van der Waals surface area contributed by atoms with Gasteiger partial charge in [0.25, 0.3) is 0 Å². The van der Waals surface area contributed by atoms with Crippen LogP contribution >= 0.6 is 23.2 Å². The molecule has 1 amide bonds. The maximum Gasteiger partial charge on any atom is 0.407 e. The summed E-state index contributed by atoms with van der Waals surface area (Å²) in [6, 6.07) is 23.1. The molecule has 36 heavy (non-hydrogen) atoms. The van der Waals surface area contributed by atoms with Crippen molar-refractivity contribution in [2.45, 2.75) is 18.4 Å². The normalized spacial score (nSPS) is 13.1. The number of carboxylic acid groups (broad SMARTS) is 1. The van der Waals surface area contributed by atoms with Gasteiger partial charge in [0, 0.05) is 22.9 Å². The van der Waals surface area contributed by atoms with Crippen molar-refractivity contribution in [2.75, 3.05) is 6.61 Å². The minimum atomic E-state index is -1.24. The molecule has 4 aromatic rings. The fraction of sp³-hybridized carbons (Fsp3) is 0.143. The number of halogens is 2. The number of hydrogen-bond donors (Lipinski definition) is 2. The summed E-state index contributed by atoms with van der Waals surface area (Å²) in [5.41, 5.74) is 5.00. The van der Waals surface area contributed by atoms with Gasteiger partial charge in [0.05, 0.1) is 5.02 Å². The van der Waals surface area contributed by atoms with Gasteiger partial charge in [-0.1, -0.05) is 71.7 Å². The first-order chi connectivity index (χ1) is 17.4. The Hall–Kier alpha value is -3.74. The number of amides is 1. The van der Waals surface area contributed by atoms with Gasteiger partial charge in [-0.25, -0.2) is 9.59 Å². The summed E-state index contributed by atoms with van der Waals surface area (Å²) in [6.45, 7) is 0.0894. The zero-order chi connectivity index (χ0) is 25.2. The zero-order valence-corrected chi connectivity index (χ0v) is 20.4. The third-order valence-corrected chi connectivity index (χ3v) is 6.75. The van der Waals surface area contributed by atoms with E-state index in [4.69, 9.17) is 32.4 Å². The summed E-state index contributed by atoms with van der Waals surface area (Å²) in [4.78, 5) is 24.4. The molecule has 1 atom stereocenters. The topological polar surface area (TPSA) is 88.8 Å². The van der Waals surface area contributed by atoms with E-state index in [1.165, 1.54) is 0 Å². The number of hydrogen-bond acceptors (Lipinski definition) is 4. The quantitative estimate of drug-likeness (QED) is 0.279. The Bertz CT molecular complexity index is 1400. The molecule has 0 fully saturated rings. The molecule has 1 aromatic heterocycles. The predicted molar refractivity (Wildman–Crippen MR) is 137 cm³/mol. The van der Waals surface area contributed by atoms with Crippen LogP contribution in [0.2, 0.25) is 10.0 Å². The van der Waals surface area contributed by atoms with Crippen molar-refractivity contribution in [1.29, 1.82) is 0 Å². The Morgan fingerprint density at radius 2 is 1.58 bits per heavy atom. The molecule has 0 aliphatic heterocycles. The van der Waals surface area contributed by atoms with Gasteiger partial charge in [0.1, 0.15) is 24.2 Å². The smallest absolute Gasteiger partial charge is 0.407 e. The van der Waals surface area contributed by atoms with E-state index in [1.807, 2.05) is 48.5 Å². The lowest BCUT2D eigenvalue weighted by molar-refractivity contribution is -0.139. The molecule has 182 valence electrons. The van der Waals surface area contributed by atoms with Crippen molar-refractivity contribution in [3.63, 3.8) is 0 Å². The van der Waals surface area contributed by atoms with E-state index in [9.17, 15) is 14.7 Å². The van der Waals surface area contributed by atoms with Crippen LogP contribution in [0.1, 0.15) is 22.8 Å². The monoisotopic (exact) mass is 521 g/mol. The second-order valence-electron chi connectivity index (χ2n) is 8.45. The molecule has 0 radical (unpaired) electrons. The van der Waals surface area contributed by atoms with E-state index in [2.05, 4.69) is 5.32 Å². The third kappa shape index (κ3) is 4.83. The number of benzene rings is 3. The van der Waals surface area contributed by atoms with Gasteiger partial charge in [0.2, 0.25) is 0 Å². The van der Waals surface area contributed by atoms with Crippen LogP contribution in [0.4, 0.5) is 4.79 Å². The largest absolute Gasteiger partial charge is 0.480 e. The van der Waals surface area contributed by atoms with Crippen molar-refractivity contribution >= 4 is 35.3 Å². The second-order valence-corrected chi connectivity index (χ2v) is 9.30. The van der Waals surface area contributed by atoms with Crippen LogP contribution in [0.25, 0.3) is 22.5 Å². The predicted octanol–water partition coefficient (Wildman–Crippen LogP) is 6.79. The highest BCUT2D eigenvalue weighted by molar-refractivity contribution is 6.36. The lowest BCUT2D eigenvalue weighted by atomic mass is 9.98. The lowest BCUT2D eigenvalue weighted by Gasteiger charge is -2.17. The van der Waals surface area contributed by atoms with E-state index in [-0.39, 0.29) is 18.9 Å². The highest BCUT2D eigenvalue weighted by Crippen LogP contribution is 2.44. The molecule has 2 N–H and O–H groups in total. The Kier molecular flexibility index (Phi) is 6.72. The van der Waals surface area contributed by atoms with E-state index in [1.54, 1.807) is 30.3 Å². The fourth-order valence-corrected chi connectivity index (χ4v) is 5.01. The highest BCUT2D eigenvalue weighted by atomic mass is 35.5. The van der Waals surface area contributed by atoms with Crippen LogP contribution in [0.15, 0.2) is 83.3 Å². The number of rotatable bonds is 7. The molecule has 0 saturated heterocycles. The van der Waals surface area contributed by atoms with Crippen LogP contribution < -0.4 is 5.32 Å². The summed E-state index contributed by atoms with van der Waals surface area (Å²) in [6.07, 6.45) is -0.873. The number of furan rings is 1. The molecule has 5 rings (SSSR count). The molecule has 0 spiro atoms. The molecule has 1 aliphatic rings. The van der Waals surface area contributed by atoms with Crippen molar-refractivity contribution in [1.82, 2.24) is 5.32 Å². The van der Waals surface area contributed by atoms with E-state index >= 15 is 0 Å². The van der Waals surface area contributed by atoms with Crippen LogP contribution in [0, 0.1) is 0 Å². The first kappa shape index (κ1) is 24.0. The van der Waals surface area contributed by atoms with Gasteiger partial charge in [0.15, 0.2) is 0 Å². The van der Waals surface area contributed by atoms with Gasteiger partial charge < -0.3 is 19.6 Å². The first-order valence-corrected chi connectivity index (χ1v) is 12.0. The maximum atomic E-state index is 12.6. The zero-order valence-electron chi connectivity index (χ0n) is 18.9. The van der Waals surface area contributed by atoms with E-state index in [0.717, 1.165) is 22.3 Å². The molecule has 1 heterocycles.